The number of benzene rings is 1. The molecule has 2 rings (SSSR count). The van der Waals surface area contributed by atoms with Gasteiger partial charge in [0.15, 0.2) is 0 Å². The highest BCUT2D eigenvalue weighted by atomic mass is 19.1. The van der Waals surface area contributed by atoms with Crippen molar-refractivity contribution in [2.45, 2.75) is 32.1 Å². The molecule has 1 aliphatic rings. The Morgan fingerprint density at radius 1 is 1.38 bits per heavy atom. The van der Waals surface area contributed by atoms with Crippen LogP contribution in [0.1, 0.15) is 35.7 Å². The number of hydrogen-bond donors (Lipinski definition) is 2. The Hall–Kier alpha value is -2.62. The first kappa shape index (κ1) is 19.7. The van der Waals surface area contributed by atoms with Crippen LogP contribution in [0.4, 0.5) is 4.39 Å². The van der Waals surface area contributed by atoms with Crippen molar-refractivity contribution in [1.82, 2.24) is 5.32 Å². The van der Waals surface area contributed by atoms with Gasteiger partial charge in [-0.1, -0.05) is 19.1 Å². The van der Waals surface area contributed by atoms with Crippen molar-refractivity contribution < 1.29 is 37.9 Å². The molecule has 0 radical (unpaired) electrons. The molecule has 2 N–H and O–H groups in total. The van der Waals surface area contributed by atoms with Gasteiger partial charge in [0.25, 0.3) is 0 Å². The summed E-state index contributed by atoms with van der Waals surface area (Å²) in [6.07, 6.45) is 0.122. The fourth-order valence-electron chi connectivity index (χ4n) is 2.39. The van der Waals surface area contributed by atoms with E-state index in [4.69, 9.17) is 9.39 Å². The van der Waals surface area contributed by atoms with Crippen LogP contribution in [0.2, 0.25) is 0 Å². The van der Waals surface area contributed by atoms with Crippen LogP contribution >= 0.6 is 0 Å². The van der Waals surface area contributed by atoms with E-state index in [9.17, 15) is 23.8 Å². The Morgan fingerprint density at radius 3 is 2.85 bits per heavy atom. The molecule has 1 aromatic carbocycles. The van der Waals surface area contributed by atoms with Gasteiger partial charge in [-0.2, -0.15) is 0 Å². The van der Waals surface area contributed by atoms with Crippen LogP contribution in [0.5, 0.6) is 5.75 Å². The van der Waals surface area contributed by atoms with Gasteiger partial charge in [0.1, 0.15) is 11.3 Å². The number of carbonyl (C=O) groups excluding carboxylic acids is 3. The van der Waals surface area contributed by atoms with Gasteiger partial charge in [-0.25, -0.2) is 4.79 Å². The minimum absolute atomic E-state index is 0.0448. The summed E-state index contributed by atoms with van der Waals surface area (Å²) in [5, 5.41) is 12.7. The molecule has 0 fully saturated rings. The number of hydrogen-bond acceptors (Lipinski definition) is 7. The van der Waals surface area contributed by atoms with E-state index in [0.717, 1.165) is 0 Å². The van der Waals surface area contributed by atoms with Gasteiger partial charge < -0.3 is 24.5 Å². The Morgan fingerprint density at radius 2 is 2.15 bits per heavy atom. The van der Waals surface area contributed by atoms with Crippen molar-refractivity contribution in [3.63, 3.8) is 0 Å². The Bertz CT molecular complexity index is 685. The van der Waals surface area contributed by atoms with E-state index < -0.39 is 44.9 Å². The largest absolute Gasteiger partial charge is 0.547 e. The van der Waals surface area contributed by atoms with Crippen molar-refractivity contribution in [2.24, 2.45) is 0 Å². The number of halogens is 1. The zero-order valence-electron chi connectivity index (χ0n) is 14.2. The summed E-state index contributed by atoms with van der Waals surface area (Å²) in [6.45, 7) is 0.174. The minimum Gasteiger partial charge on any atom is -0.534 e. The van der Waals surface area contributed by atoms with E-state index in [1.165, 1.54) is 6.07 Å². The lowest BCUT2D eigenvalue weighted by molar-refractivity contribution is -0.152. The molecule has 26 heavy (non-hydrogen) atoms. The molecule has 0 aliphatic carbocycles. The molecule has 8 nitrogen and oxygen atoms in total. The summed E-state index contributed by atoms with van der Waals surface area (Å²) in [4.78, 5) is 34.7. The first-order chi connectivity index (χ1) is 12.5. The van der Waals surface area contributed by atoms with Gasteiger partial charge in [0, 0.05) is 6.42 Å². The Balaban J connectivity index is 2.04. The number of nitrogens with one attached hydrogen (secondary N) is 1. The zero-order valence-corrected chi connectivity index (χ0v) is 14.2. The monoisotopic (exact) mass is 367 g/mol. The summed E-state index contributed by atoms with van der Waals surface area (Å²) < 4.78 is 26.7. The fraction of sp³-hybridized carbons (Fsp3) is 0.438. The van der Waals surface area contributed by atoms with Crippen LogP contribution in [0.15, 0.2) is 18.2 Å². The standard InChI is InChI=1S/C16H19BFNO7/c1-2-13(20)19-12-8-10-4-3-5-11(15(10)26-17(12)23)16(22)25-9-24-14(21)6-7-18/h3-5,12,23H,2,6-9H2,1H3,(H,19,20)/t12-/m0/s1. The van der Waals surface area contributed by atoms with Crippen LogP contribution < -0.4 is 9.97 Å². The molecule has 0 spiro atoms. The third-order valence-corrected chi connectivity index (χ3v) is 3.72. The first-order valence-corrected chi connectivity index (χ1v) is 8.11. The van der Waals surface area contributed by atoms with Crippen molar-refractivity contribution in [3.8, 4) is 5.75 Å². The van der Waals surface area contributed by atoms with E-state index in [0.29, 0.717) is 5.56 Å². The average Bonchev–Trinajstić information content (AvgIpc) is 2.61. The predicted molar refractivity (Wildman–Crippen MR) is 87.9 cm³/mol. The lowest BCUT2D eigenvalue weighted by atomic mass is 9.72. The lowest BCUT2D eigenvalue weighted by Gasteiger charge is -2.29. The highest BCUT2D eigenvalue weighted by Gasteiger charge is 2.37. The smallest absolute Gasteiger partial charge is 0.534 e. The molecule has 140 valence electrons. The van der Waals surface area contributed by atoms with Gasteiger partial charge in [0.05, 0.1) is 19.0 Å². The van der Waals surface area contributed by atoms with Crippen molar-refractivity contribution >= 4 is 25.0 Å². The highest BCUT2D eigenvalue weighted by Crippen LogP contribution is 2.30. The lowest BCUT2D eigenvalue weighted by Crippen LogP contribution is -2.53. The van der Waals surface area contributed by atoms with Gasteiger partial charge in [-0.05, 0) is 18.1 Å². The van der Waals surface area contributed by atoms with E-state index in [1.54, 1.807) is 19.1 Å². The number of fused-ring (bicyclic) bond motifs is 1. The number of amides is 1. The molecule has 1 amide bonds. The first-order valence-electron chi connectivity index (χ1n) is 8.11. The van der Waals surface area contributed by atoms with E-state index in [-0.39, 0.29) is 30.1 Å². The molecule has 0 saturated heterocycles. The maximum absolute atomic E-state index is 12.1. The maximum atomic E-state index is 12.1. The summed E-state index contributed by atoms with van der Waals surface area (Å²) in [7, 11) is -1.32. The van der Waals surface area contributed by atoms with Crippen LogP contribution in [0, 0.1) is 0 Å². The molecule has 1 heterocycles. The number of ether oxygens (including phenoxy) is 2. The topological polar surface area (TPSA) is 111 Å². The predicted octanol–water partition coefficient (Wildman–Crippen LogP) is 0.553. The average molecular weight is 367 g/mol. The normalized spacial score (nSPS) is 15.5. The van der Waals surface area contributed by atoms with Gasteiger partial charge >= 0.3 is 19.1 Å². The quantitative estimate of drug-likeness (QED) is 0.411. The van der Waals surface area contributed by atoms with E-state index in [1.807, 2.05) is 0 Å². The van der Waals surface area contributed by atoms with Crippen LogP contribution in [0.3, 0.4) is 0 Å². The Labute approximate surface area is 149 Å². The Kier molecular flexibility index (Phi) is 6.96. The molecule has 1 atom stereocenters. The molecule has 0 saturated carbocycles. The second-order valence-corrected chi connectivity index (χ2v) is 5.54. The van der Waals surface area contributed by atoms with Gasteiger partial charge in [0.2, 0.25) is 12.7 Å². The molecule has 1 aromatic rings. The third-order valence-electron chi connectivity index (χ3n) is 3.72. The molecular formula is C16H19BFNO7. The van der Waals surface area contributed by atoms with Crippen LogP contribution in [0.25, 0.3) is 0 Å². The van der Waals surface area contributed by atoms with Crippen molar-refractivity contribution in [2.75, 3.05) is 13.5 Å². The summed E-state index contributed by atoms with van der Waals surface area (Å²) in [6, 6.07) is 4.73. The second-order valence-electron chi connectivity index (χ2n) is 5.54. The highest BCUT2D eigenvalue weighted by molar-refractivity contribution is 6.47. The van der Waals surface area contributed by atoms with Crippen LogP contribution in [-0.4, -0.2) is 49.4 Å². The molecule has 1 aliphatic heterocycles. The number of alkyl halides is 1. The molecule has 10 heteroatoms. The number of esters is 2. The van der Waals surface area contributed by atoms with Crippen molar-refractivity contribution in [3.05, 3.63) is 29.3 Å². The van der Waals surface area contributed by atoms with Crippen LogP contribution in [-0.2, 0) is 25.5 Å². The number of para-hydroxylation sites is 1. The summed E-state index contributed by atoms with van der Waals surface area (Å²) >= 11 is 0. The number of rotatable bonds is 7. The third kappa shape index (κ3) is 4.95. The minimum atomic E-state index is -1.32. The summed E-state index contributed by atoms with van der Waals surface area (Å²) in [5.74, 6) is -2.37. The van der Waals surface area contributed by atoms with Gasteiger partial charge in [-0.3, -0.25) is 14.0 Å². The zero-order chi connectivity index (χ0) is 19.1. The van der Waals surface area contributed by atoms with Gasteiger partial charge in [-0.15, -0.1) is 0 Å². The second kappa shape index (κ2) is 9.18. The number of carbonyl (C=O) groups is 3. The summed E-state index contributed by atoms with van der Waals surface area (Å²) in [5.41, 5.74) is 0.656. The maximum Gasteiger partial charge on any atom is 0.547 e. The molecular weight excluding hydrogens is 348 g/mol. The molecule has 0 unspecified atom stereocenters. The van der Waals surface area contributed by atoms with Crippen molar-refractivity contribution in [1.29, 1.82) is 0 Å². The molecule has 0 aromatic heterocycles. The van der Waals surface area contributed by atoms with E-state index >= 15 is 0 Å². The van der Waals surface area contributed by atoms with E-state index in [2.05, 4.69) is 10.1 Å². The SMILES string of the molecule is CCC(=O)N[C@H]1Cc2cccc(C(=O)OCOC(=O)CCF)c2OB1O. The molecule has 0 bridgehead atoms. The fourth-order valence-corrected chi connectivity index (χ4v) is 2.39.